The van der Waals surface area contributed by atoms with E-state index in [0.29, 0.717) is 17.5 Å². The van der Waals surface area contributed by atoms with Crippen LogP contribution in [0.15, 0.2) is 52.9 Å². The number of nitrogens with zero attached hydrogens (tertiary/aromatic N) is 3. The zero-order valence-corrected chi connectivity index (χ0v) is 19.9. The molecule has 0 atom stereocenters. The van der Waals surface area contributed by atoms with Crippen molar-refractivity contribution in [1.29, 1.82) is 0 Å². The summed E-state index contributed by atoms with van der Waals surface area (Å²) in [6.45, 7) is 4.31. The second kappa shape index (κ2) is 10.1. The number of phenolic OH excluding ortho intramolecular Hbond substituents is 1. The zero-order valence-electron chi connectivity index (χ0n) is 18.3. The number of nitro benzene ring substituents is 1. The van der Waals surface area contributed by atoms with Crippen LogP contribution in [-0.2, 0) is 4.79 Å². The lowest BCUT2D eigenvalue weighted by atomic mass is 10.1. The molecule has 2 aromatic carbocycles. The fourth-order valence-electron chi connectivity index (χ4n) is 3.28. The highest BCUT2D eigenvalue weighted by Gasteiger charge is 2.17. The molecule has 0 aliphatic heterocycles. The number of amides is 1. The number of nitro groups is 1. The van der Waals surface area contributed by atoms with Gasteiger partial charge in [0.25, 0.3) is 5.69 Å². The van der Waals surface area contributed by atoms with E-state index in [1.165, 1.54) is 35.2 Å². The molecule has 2 heterocycles. The number of rotatable bonds is 8. The number of aromatic hydroxyl groups is 1. The Labute approximate surface area is 203 Å². The summed E-state index contributed by atoms with van der Waals surface area (Å²) in [7, 11) is 0. The molecule has 1 amide bonds. The Hall–Kier alpha value is -3.70. The van der Waals surface area contributed by atoms with E-state index in [0.717, 1.165) is 33.2 Å². The summed E-state index contributed by atoms with van der Waals surface area (Å²) in [5, 5.41) is 27.0. The number of hydrogen-bond acceptors (Lipinski definition) is 9. The van der Waals surface area contributed by atoms with Gasteiger partial charge in [-0.15, -0.1) is 11.3 Å². The van der Waals surface area contributed by atoms with Gasteiger partial charge in [-0.2, -0.15) is 0 Å². The maximum Gasteiger partial charge on any atom is 0.271 e. The molecule has 0 saturated carbocycles. The third-order valence-corrected chi connectivity index (χ3v) is 6.64. The highest BCUT2D eigenvalue weighted by molar-refractivity contribution is 8.00. The van der Waals surface area contributed by atoms with Crippen LogP contribution in [0.4, 0.5) is 11.4 Å². The molecule has 11 heteroatoms. The van der Waals surface area contributed by atoms with Crippen molar-refractivity contribution in [1.82, 2.24) is 9.97 Å². The summed E-state index contributed by atoms with van der Waals surface area (Å²) in [6, 6.07) is 11.2. The number of phenols is 1. The monoisotopic (exact) mass is 496 g/mol. The molecule has 34 heavy (non-hydrogen) atoms. The molecule has 174 valence electrons. The Morgan fingerprint density at radius 2 is 2.00 bits per heavy atom. The van der Waals surface area contributed by atoms with Gasteiger partial charge in [-0.05, 0) is 37.6 Å². The predicted molar refractivity (Wildman–Crippen MR) is 133 cm³/mol. The molecule has 0 bridgehead atoms. The van der Waals surface area contributed by atoms with E-state index in [1.54, 1.807) is 6.92 Å². The van der Waals surface area contributed by atoms with Crippen LogP contribution < -0.4 is 10.1 Å². The van der Waals surface area contributed by atoms with Gasteiger partial charge < -0.3 is 15.2 Å². The number of ether oxygens (including phenoxy) is 1. The van der Waals surface area contributed by atoms with Crippen LogP contribution in [0.25, 0.3) is 21.3 Å². The van der Waals surface area contributed by atoms with E-state index in [4.69, 9.17) is 4.74 Å². The molecule has 4 aromatic rings. The third-order valence-electron chi connectivity index (χ3n) is 4.79. The number of aryl methyl sites for hydroxylation is 1. The first kappa shape index (κ1) is 23.5. The van der Waals surface area contributed by atoms with Gasteiger partial charge in [0, 0.05) is 23.1 Å². The molecule has 9 nitrogen and oxygen atoms in total. The molecule has 0 saturated heterocycles. The highest BCUT2D eigenvalue weighted by Crippen LogP contribution is 2.39. The van der Waals surface area contributed by atoms with Crippen molar-refractivity contribution >= 4 is 50.6 Å². The number of non-ortho nitro benzene ring substituents is 1. The minimum Gasteiger partial charge on any atom is -0.506 e. The lowest BCUT2D eigenvalue weighted by Gasteiger charge is -2.09. The quantitative estimate of drug-likeness (QED) is 0.109. The Balaban J connectivity index is 1.57. The van der Waals surface area contributed by atoms with Crippen molar-refractivity contribution in [3.8, 4) is 22.6 Å². The number of carbonyl (C=O) groups is 1. The maximum absolute atomic E-state index is 12.6. The second-order valence-electron chi connectivity index (χ2n) is 7.16. The van der Waals surface area contributed by atoms with Gasteiger partial charge >= 0.3 is 0 Å². The summed E-state index contributed by atoms with van der Waals surface area (Å²) in [5.41, 5.74) is 1.69. The highest BCUT2D eigenvalue weighted by atomic mass is 32.2. The van der Waals surface area contributed by atoms with Crippen LogP contribution in [0.5, 0.6) is 11.5 Å². The fraction of sp³-hybridized carbons (Fsp3) is 0.174. The zero-order chi connectivity index (χ0) is 24.2. The molecule has 0 aliphatic carbocycles. The summed E-state index contributed by atoms with van der Waals surface area (Å²) >= 11 is 2.74. The summed E-state index contributed by atoms with van der Waals surface area (Å²) in [6.07, 6.45) is 0. The Morgan fingerprint density at radius 3 is 2.71 bits per heavy atom. The number of hydrogen-bond donors (Lipinski definition) is 2. The molecule has 0 fully saturated rings. The number of aromatic nitrogens is 2. The van der Waals surface area contributed by atoms with Crippen molar-refractivity contribution in [2.45, 2.75) is 18.9 Å². The normalized spacial score (nSPS) is 10.9. The lowest BCUT2D eigenvalue weighted by molar-refractivity contribution is -0.384. The molecule has 0 radical (unpaired) electrons. The van der Waals surface area contributed by atoms with E-state index in [9.17, 15) is 20.0 Å². The average molecular weight is 497 g/mol. The minimum absolute atomic E-state index is 0.00769. The van der Waals surface area contributed by atoms with Gasteiger partial charge in [-0.25, -0.2) is 9.97 Å². The molecular formula is C23H20N4O5S2. The van der Waals surface area contributed by atoms with Crippen LogP contribution in [-0.4, -0.2) is 38.3 Å². The molecule has 0 aliphatic rings. The number of benzene rings is 2. The minimum atomic E-state index is -0.594. The number of thioether (sulfide) groups is 1. The van der Waals surface area contributed by atoms with Crippen molar-refractivity contribution in [2.75, 3.05) is 17.7 Å². The predicted octanol–water partition coefficient (Wildman–Crippen LogP) is 5.41. The van der Waals surface area contributed by atoms with Crippen LogP contribution in [0.3, 0.4) is 0 Å². The standard InChI is InChI=1S/C23H20N4O5S2/c1-3-32-16-7-4-14(5-8-16)17-11-33-22-21(17)23(25-13(2)24-22)34-12-20(29)26-18-10-15(27(30)31)6-9-19(18)28/h4-11,28H,3,12H2,1-2H3,(H,26,29). The van der Waals surface area contributed by atoms with E-state index in [-0.39, 0.29) is 22.9 Å². The first-order valence-corrected chi connectivity index (χ1v) is 12.1. The van der Waals surface area contributed by atoms with Crippen molar-refractivity contribution in [3.63, 3.8) is 0 Å². The van der Waals surface area contributed by atoms with Crippen LogP contribution in [0.2, 0.25) is 0 Å². The molecule has 4 rings (SSSR count). The Morgan fingerprint density at radius 1 is 1.24 bits per heavy atom. The van der Waals surface area contributed by atoms with E-state index >= 15 is 0 Å². The first-order valence-electron chi connectivity index (χ1n) is 10.2. The van der Waals surface area contributed by atoms with Gasteiger partial charge in [0.1, 0.15) is 27.2 Å². The second-order valence-corrected chi connectivity index (χ2v) is 8.98. The average Bonchev–Trinajstić information content (AvgIpc) is 3.23. The lowest BCUT2D eigenvalue weighted by Crippen LogP contribution is -2.14. The fourth-order valence-corrected chi connectivity index (χ4v) is 5.23. The Bertz CT molecular complexity index is 1370. The molecule has 0 spiro atoms. The summed E-state index contributed by atoms with van der Waals surface area (Å²) < 4.78 is 5.52. The van der Waals surface area contributed by atoms with E-state index in [1.807, 2.05) is 36.6 Å². The number of nitrogens with one attached hydrogen (secondary N) is 1. The summed E-state index contributed by atoms with van der Waals surface area (Å²) in [4.78, 5) is 32.9. The number of anilines is 1. The molecule has 2 aromatic heterocycles. The van der Waals surface area contributed by atoms with E-state index < -0.39 is 10.8 Å². The first-order chi connectivity index (χ1) is 16.4. The number of carbonyl (C=O) groups excluding carboxylic acids is 1. The topological polar surface area (TPSA) is 127 Å². The largest absolute Gasteiger partial charge is 0.506 e. The van der Waals surface area contributed by atoms with Gasteiger partial charge in [-0.3, -0.25) is 14.9 Å². The van der Waals surface area contributed by atoms with Crippen molar-refractivity contribution in [3.05, 3.63) is 63.8 Å². The molecular weight excluding hydrogens is 476 g/mol. The van der Waals surface area contributed by atoms with Gasteiger partial charge in [-0.1, -0.05) is 23.9 Å². The smallest absolute Gasteiger partial charge is 0.271 e. The van der Waals surface area contributed by atoms with Crippen LogP contribution in [0, 0.1) is 17.0 Å². The van der Waals surface area contributed by atoms with Crippen molar-refractivity contribution in [2.24, 2.45) is 0 Å². The summed E-state index contributed by atoms with van der Waals surface area (Å²) in [5.74, 6) is 0.690. The van der Waals surface area contributed by atoms with Crippen LogP contribution in [0.1, 0.15) is 12.7 Å². The van der Waals surface area contributed by atoms with Gasteiger partial charge in [0.15, 0.2) is 0 Å². The number of thiophene rings is 1. The van der Waals surface area contributed by atoms with E-state index in [2.05, 4.69) is 15.3 Å². The Kier molecular flexibility index (Phi) is 6.94. The molecule has 2 N–H and O–H groups in total. The maximum atomic E-state index is 12.6. The van der Waals surface area contributed by atoms with Gasteiger partial charge in [0.05, 0.1) is 28.4 Å². The third kappa shape index (κ3) is 5.10. The van der Waals surface area contributed by atoms with Crippen molar-refractivity contribution < 1.29 is 19.6 Å². The molecule has 0 unspecified atom stereocenters. The SMILES string of the molecule is CCOc1ccc(-c2csc3nc(C)nc(SCC(=O)Nc4cc([N+](=O)[O-])ccc4O)c23)cc1. The van der Waals surface area contributed by atoms with Gasteiger partial charge in [0.2, 0.25) is 5.91 Å². The number of fused-ring (bicyclic) bond motifs is 1. The van der Waals surface area contributed by atoms with Crippen LogP contribution >= 0.6 is 23.1 Å².